The van der Waals surface area contributed by atoms with Crippen molar-refractivity contribution in [1.29, 1.82) is 0 Å². The molecule has 1 aliphatic heterocycles. The molecule has 1 rings (SSSR count). The first-order chi connectivity index (χ1) is 9.10. The van der Waals surface area contributed by atoms with Gasteiger partial charge in [0.25, 0.3) is 0 Å². The van der Waals surface area contributed by atoms with Crippen LogP contribution in [0.4, 0.5) is 4.39 Å². The van der Waals surface area contributed by atoms with Crippen molar-refractivity contribution < 1.29 is 14.0 Å². The maximum Gasteiger partial charge on any atom is 0.237 e. The first-order valence-corrected chi connectivity index (χ1v) is 6.84. The highest BCUT2D eigenvalue weighted by Crippen LogP contribution is 2.15. The van der Waals surface area contributed by atoms with E-state index in [1.165, 1.54) is 0 Å². The predicted molar refractivity (Wildman–Crippen MR) is 71.7 cm³/mol. The quantitative estimate of drug-likeness (QED) is 0.616. The molecule has 2 unspecified atom stereocenters. The van der Waals surface area contributed by atoms with Crippen LogP contribution in [0.25, 0.3) is 0 Å². The third kappa shape index (κ3) is 4.87. The molecule has 0 aromatic carbocycles. The van der Waals surface area contributed by atoms with Crippen molar-refractivity contribution in [1.82, 2.24) is 15.5 Å². The standard InChI is InChI=1S/C13H24FN3O2/c1-15-7-3-5-10(12(18)9-14)16-13(19)11-6-4-8-17(11)2/h10-11,15H,3-9H2,1-2H3,(H,16,19). The van der Waals surface area contributed by atoms with Gasteiger partial charge in [0.2, 0.25) is 5.91 Å². The highest BCUT2D eigenvalue weighted by atomic mass is 19.1. The van der Waals surface area contributed by atoms with E-state index < -0.39 is 18.5 Å². The Bertz CT molecular complexity index is 312. The van der Waals surface area contributed by atoms with E-state index in [1.807, 2.05) is 19.0 Å². The summed E-state index contributed by atoms with van der Waals surface area (Å²) in [5.74, 6) is -0.693. The van der Waals surface area contributed by atoms with Gasteiger partial charge in [0.15, 0.2) is 5.78 Å². The largest absolute Gasteiger partial charge is 0.345 e. The van der Waals surface area contributed by atoms with E-state index in [-0.39, 0.29) is 11.9 Å². The van der Waals surface area contributed by atoms with E-state index in [0.717, 1.165) is 32.4 Å². The Labute approximate surface area is 113 Å². The number of carbonyl (C=O) groups excluding carboxylic acids is 2. The maximum atomic E-state index is 12.5. The Morgan fingerprint density at radius 3 is 2.74 bits per heavy atom. The first kappa shape index (κ1) is 16.0. The van der Waals surface area contributed by atoms with Crippen LogP contribution in [0, 0.1) is 0 Å². The molecule has 0 aliphatic carbocycles. The number of likely N-dealkylation sites (tertiary alicyclic amines) is 1. The van der Waals surface area contributed by atoms with Crippen LogP contribution in [0.3, 0.4) is 0 Å². The van der Waals surface area contributed by atoms with E-state index >= 15 is 0 Å². The fraction of sp³-hybridized carbons (Fsp3) is 0.846. The average Bonchev–Trinajstić information content (AvgIpc) is 2.83. The lowest BCUT2D eigenvalue weighted by Crippen LogP contribution is -2.49. The minimum atomic E-state index is -1.02. The second-order valence-electron chi connectivity index (χ2n) is 5.05. The van der Waals surface area contributed by atoms with Crippen LogP contribution in [0.5, 0.6) is 0 Å². The molecule has 0 spiro atoms. The number of likely N-dealkylation sites (N-methyl/N-ethyl adjacent to an activating group) is 1. The number of nitrogens with zero attached hydrogens (tertiary/aromatic N) is 1. The Kier molecular flexibility index (Phi) is 6.94. The summed E-state index contributed by atoms with van der Waals surface area (Å²) < 4.78 is 12.5. The number of carbonyl (C=O) groups is 2. The second kappa shape index (κ2) is 8.22. The summed E-state index contributed by atoms with van der Waals surface area (Å²) in [5, 5.41) is 5.67. The third-order valence-corrected chi connectivity index (χ3v) is 3.58. The Morgan fingerprint density at radius 2 is 2.21 bits per heavy atom. The number of alkyl halides is 1. The van der Waals surface area contributed by atoms with Crippen molar-refractivity contribution in [3.8, 4) is 0 Å². The highest BCUT2D eigenvalue weighted by molar-refractivity contribution is 5.91. The second-order valence-corrected chi connectivity index (χ2v) is 5.05. The smallest absolute Gasteiger partial charge is 0.237 e. The van der Waals surface area contributed by atoms with Crippen LogP contribution in [0.2, 0.25) is 0 Å². The summed E-state index contributed by atoms with van der Waals surface area (Å²) in [6.45, 7) is 0.611. The van der Waals surface area contributed by atoms with E-state index in [4.69, 9.17) is 0 Å². The highest BCUT2D eigenvalue weighted by Gasteiger charge is 2.30. The molecule has 0 aromatic heterocycles. The van der Waals surface area contributed by atoms with E-state index in [1.54, 1.807) is 0 Å². The van der Waals surface area contributed by atoms with E-state index in [9.17, 15) is 14.0 Å². The number of amides is 1. The van der Waals surface area contributed by atoms with E-state index in [0.29, 0.717) is 6.42 Å². The fourth-order valence-corrected chi connectivity index (χ4v) is 2.40. The van der Waals surface area contributed by atoms with Gasteiger partial charge in [0.1, 0.15) is 6.67 Å². The normalized spacial score (nSPS) is 21.3. The van der Waals surface area contributed by atoms with Gasteiger partial charge in [-0.1, -0.05) is 0 Å². The molecule has 2 atom stereocenters. The SMILES string of the molecule is CNCCCC(NC(=O)C1CCCN1C)C(=O)CF. The van der Waals surface area contributed by atoms with Gasteiger partial charge in [-0.2, -0.15) is 0 Å². The molecule has 2 N–H and O–H groups in total. The molecule has 1 fully saturated rings. The van der Waals surface area contributed by atoms with E-state index in [2.05, 4.69) is 10.6 Å². The molecule has 6 heteroatoms. The summed E-state index contributed by atoms with van der Waals surface area (Å²) in [5.41, 5.74) is 0. The molecular weight excluding hydrogens is 249 g/mol. The van der Waals surface area contributed by atoms with Crippen molar-refractivity contribution in [3.05, 3.63) is 0 Å². The number of rotatable bonds is 8. The molecule has 1 amide bonds. The monoisotopic (exact) mass is 273 g/mol. The molecule has 1 aliphatic rings. The van der Waals surface area contributed by atoms with Gasteiger partial charge in [0.05, 0.1) is 12.1 Å². The molecule has 0 aromatic rings. The molecule has 0 radical (unpaired) electrons. The molecule has 110 valence electrons. The van der Waals surface area contributed by atoms with Crippen molar-refractivity contribution >= 4 is 11.7 Å². The minimum absolute atomic E-state index is 0.156. The number of halogens is 1. The van der Waals surface area contributed by atoms with Crippen molar-refractivity contribution in [2.75, 3.05) is 33.9 Å². The summed E-state index contributed by atoms with van der Waals surface area (Å²) in [7, 11) is 3.71. The molecular formula is C13H24FN3O2. The number of hydrogen-bond donors (Lipinski definition) is 2. The summed E-state index contributed by atoms with van der Waals surface area (Å²) in [4.78, 5) is 25.6. The van der Waals surface area contributed by atoms with Crippen molar-refractivity contribution in [2.45, 2.75) is 37.8 Å². The average molecular weight is 273 g/mol. The summed E-state index contributed by atoms with van der Waals surface area (Å²) in [6, 6.07) is -0.876. The Hall–Kier alpha value is -1.01. The summed E-state index contributed by atoms with van der Waals surface area (Å²) >= 11 is 0. The van der Waals surface area contributed by atoms with Crippen LogP contribution < -0.4 is 10.6 Å². The predicted octanol–water partition coefficient (Wildman–Crippen LogP) is 0.104. The van der Waals surface area contributed by atoms with Gasteiger partial charge in [-0.25, -0.2) is 4.39 Å². The minimum Gasteiger partial charge on any atom is -0.345 e. The zero-order valence-corrected chi connectivity index (χ0v) is 11.7. The van der Waals surface area contributed by atoms with Crippen LogP contribution >= 0.6 is 0 Å². The van der Waals surface area contributed by atoms with Gasteiger partial charge in [-0.05, 0) is 52.9 Å². The molecule has 1 heterocycles. The molecule has 1 saturated heterocycles. The zero-order chi connectivity index (χ0) is 14.3. The lowest BCUT2D eigenvalue weighted by molar-refractivity contribution is -0.130. The number of ketones is 1. The van der Waals surface area contributed by atoms with Crippen molar-refractivity contribution in [3.63, 3.8) is 0 Å². The number of nitrogens with one attached hydrogen (secondary N) is 2. The number of hydrogen-bond acceptors (Lipinski definition) is 4. The lowest BCUT2D eigenvalue weighted by Gasteiger charge is -2.22. The fourth-order valence-electron chi connectivity index (χ4n) is 2.40. The van der Waals surface area contributed by atoms with Gasteiger partial charge < -0.3 is 10.6 Å². The topological polar surface area (TPSA) is 61.4 Å². The summed E-state index contributed by atoms with van der Waals surface area (Å²) in [6.07, 6.45) is 2.99. The Balaban J connectivity index is 2.50. The van der Waals surface area contributed by atoms with Gasteiger partial charge in [0, 0.05) is 0 Å². The first-order valence-electron chi connectivity index (χ1n) is 6.84. The zero-order valence-electron chi connectivity index (χ0n) is 11.7. The van der Waals surface area contributed by atoms with Gasteiger partial charge >= 0.3 is 0 Å². The molecule has 5 nitrogen and oxygen atoms in total. The Morgan fingerprint density at radius 1 is 1.47 bits per heavy atom. The van der Waals surface area contributed by atoms with Crippen LogP contribution in [-0.2, 0) is 9.59 Å². The molecule has 19 heavy (non-hydrogen) atoms. The van der Waals surface area contributed by atoms with Gasteiger partial charge in [-0.3, -0.25) is 14.5 Å². The maximum absolute atomic E-state index is 12.5. The van der Waals surface area contributed by atoms with Gasteiger partial charge in [-0.15, -0.1) is 0 Å². The van der Waals surface area contributed by atoms with Crippen LogP contribution in [0.15, 0.2) is 0 Å². The third-order valence-electron chi connectivity index (χ3n) is 3.58. The lowest BCUT2D eigenvalue weighted by atomic mass is 10.1. The van der Waals surface area contributed by atoms with Crippen LogP contribution in [0.1, 0.15) is 25.7 Å². The molecule has 0 bridgehead atoms. The number of Topliss-reactive ketones (excluding diaryl/α,β-unsaturated/α-hetero) is 1. The van der Waals surface area contributed by atoms with Crippen LogP contribution in [-0.4, -0.2) is 62.5 Å². The van der Waals surface area contributed by atoms with Crippen molar-refractivity contribution in [2.24, 2.45) is 0 Å². The molecule has 0 saturated carbocycles.